The van der Waals surface area contributed by atoms with Gasteiger partial charge in [0.25, 0.3) is 5.91 Å². The Bertz CT molecular complexity index is 546. The van der Waals surface area contributed by atoms with Gasteiger partial charge in [0.05, 0.1) is 5.56 Å². The minimum Gasteiger partial charge on any atom is -0.486 e. The number of hydrogen-bond acceptors (Lipinski definition) is 4. The monoisotopic (exact) mass is 260 g/mol. The number of rotatable bonds is 5. The molecule has 0 fully saturated rings. The van der Waals surface area contributed by atoms with Crippen molar-refractivity contribution in [1.29, 1.82) is 0 Å². The Morgan fingerprint density at radius 3 is 2.74 bits per heavy atom. The minimum absolute atomic E-state index is 0.267. The largest absolute Gasteiger partial charge is 0.486 e. The number of aryl methyl sites for hydroxylation is 1. The zero-order chi connectivity index (χ0) is 13.7. The van der Waals surface area contributed by atoms with E-state index in [0.717, 1.165) is 12.2 Å². The Morgan fingerprint density at radius 1 is 1.37 bits per heavy atom. The fourth-order valence-electron chi connectivity index (χ4n) is 1.63. The van der Waals surface area contributed by atoms with Crippen LogP contribution in [-0.2, 0) is 13.0 Å². The zero-order valence-corrected chi connectivity index (χ0v) is 10.7. The summed E-state index contributed by atoms with van der Waals surface area (Å²) in [6.07, 6.45) is 2.34. The normalized spacial score (nSPS) is 10.2. The van der Waals surface area contributed by atoms with Gasteiger partial charge in [-0.15, -0.1) is 0 Å². The topological polar surface area (TPSA) is 77.5 Å². The molecule has 0 bridgehead atoms. The van der Waals surface area contributed by atoms with Crippen molar-refractivity contribution in [3.8, 4) is 5.75 Å². The SMILES string of the molecule is CCc1ccc(OCc2cc(C(=O)NN)co2)cc1. The standard InChI is InChI=1S/C14H16N2O3/c1-2-10-3-5-12(6-4-10)19-9-13-7-11(8-18-13)14(17)16-15/h3-8H,2,9,15H2,1H3,(H,16,17). The van der Waals surface area contributed by atoms with Gasteiger partial charge in [-0.1, -0.05) is 19.1 Å². The number of furan rings is 1. The average Bonchev–Trinajstić information content (AvgIpc) is 2.93. The molecule has 100 valence electrons. The molecule has 1 aromatic heterocycles. The molecule has 5 heteroatoms. The summed E-state index contributed by atoms with van der Waals surface area (Å²) in [5, 5.41) is 0. The van der Waals surface area contributed by atoms with Gasteiger partial charge in [-0.3, -0.25) is 10.2 Å². The first-order chi connectivity index (χ1) is 9.22. The van der Waals surface area contributed by atoms with Crippen LogP contribution in [0, 0.1) is 0 Å². The molecule has 2 aromatic rings. The molecule has 0 saturated heterocycles. The van der Waals surface area contributed by atoms with Crippen molar-refractivity contribution in [2.24, 2.45) is 5.84 Å². The number of ether oxygens (including phenoxy) is 1. The summed E-state index contributed by atoms with van der Waals surface area (Å²) in [7, 11) is 0. The predicted octanol–water partition coefficient (Wildman–Crippen LogP) is 2.02. The van der Waals surface area contributed by atoms with Crippen LogP contribution >= 0.6 is 0 Å². The third-order valence-corrected chi connectivity index (χ3v) is 2.76. The van der Waals surface area contributed by atoms with Crippen molar-refractivity contribution in [2.45, 2.75) is 20.0 Å². The molecule has 0 spiro atoms. The number of benzene rings is 1. The summed E-state index contributed by atoms with van der Waals surface area (Å²) in [4.78, 5) is 11.2. The lowest BCUT2D eigenvalue weighted by Gasteiger charge is -2.04. The van der Waals surface area contributed by atoms with Gasteiger partial charge in [0, 0.05) is 0 Å². The molecule has 0 aliphatic rings. The van der Waals surface area contributed by atoms with Crippen molar-refractivity contribution >= 4 is 5.91 Å². The van der Waals surface area contributed by atoms with Crippen LogP contribution < -0.4 is 16.0 Å². The van der Waals surface area contributed by atoms with E-state index in [1.807, 2.05) is 29.7 Å². The van der Waals surface area contributed by atoms with Gasteiger partial charge in [-0.05, 0) is 30.2 Å². The van der Waals surface area contributed by atoms with Crippen molar-refractivity contribution in [1.82, 2.24) is 5.43 Å². The first kappa shape index (κ1) is 13.2. The summed E-state index contributed by atoms with van der Waals surface area (Å²) in [6, 6.07) is 9.46. The third kappa shape index (κ3) is 3.35. The first-order valence-electron chi connectivity index (χ1n) is 6.03. The molecular formula is C14H16N2O3. The smallest absolute Gasteiger partial charge is 0.268 e. The van der Waals surface area contributed by atoms with Crippen LogP contribution in [0.5, 0.6) is 5.75 Å². The molecule has 19 heavy (non-hydrogen) atoms. The number of amides is 1. The molecule has 1 heterocycles. The van der Waals surface area contributed by atoms with E-state index in [2.05, 4.69) is 6.92 Å². The summed E-state index contributed by atoms with van der Waals surface area (Å²) in [6.45, 7) is 2.37. The van der Waals surface area contributed by atoms with Crippen molar-refractivity contribution in [3.05, 3.63) is 53.5 Å². The molecule has 5 nitrogen and oxygen atoms in total. The van der Waals surface area contributed by atoms with E-state index in [1.165, 1.54) is 11.8 Å². The molecule has 0 saturated carbocycles. The van der Waals surface area contributed by atoms with Crippen LogP contribution in [0.1, 0.15) is 28.6 Å². The molecule has 0 unspecified atom stereocenters. The van der Waals surface area contributed by atoms with Crippen LogP contribution in [0.4, 0.5) is 0 Å². The van der Waals surface area contributed by atoms with E-state index < -0.39 is 0 Å². The molecule has 0 radical (unpaired) electrons. The molecule has 0 aliphatic carbocycles. The van der Waals surface area contributed by atoms with Gasteiger partial charge in [-0.25, -0.2) is 5.84 Å². The Balaban J connectivity index is 1.94. The van der Waals surface area contributed by atoms with Crippen LogP contribution in [0.15, 0.2) is 41.0 Å². The molecule has 1 aromatic carbocycles. The Morgan fingerprint density at radius 2 is 2.11 bits per heavy atom. The van der Waals surface area contributed by atoms with Gasteiger partial charge in [0.2, 0.25) is 0 Å². The van der Waals surface area contributed by atoms with Crippen molar-refractivity contribution < 1.29 is 13.9 Å². The van der Waals surface area contributed by atoms with Crippen LogP contribution in [0.25, 0.3) is 0 Å². The second-order valence-corrected chi connectivity index (χ2v) is 4.06. The van der Waals surface area contributed by atoms with Gasteiger partial charge in [-0.2, -0.15) is 0 Å². The number of carbonyl (C=O) groups excluding carboxylic acids is 1. The highest BCUT2D eigenvalue weighted by molar-refractivity contribution is 5.93. The van der Waals surface area contributed by atoms with E-state index in [9.17, 15) is 4.79 Å². The summed E-state index contributed by atoms with van der Waals surface area (Å²) in [5.41, 5.74) is 3.68. The predicted molar refractivity (Wildman–Crippen MR) is 70.5 cm³/mol. The van der Waals surface area contributed by atoms with E-state index in [0.29, 0.717) is 11.3 Å². The molecular weight excluding hydrogens is 244 g/mol. The Hall–Kier alpha value is -2.27. The summed E-state index contributed by atoms with van der Waals surface area (Å²) >= 11 is 0. The third-order valence-electron chi connectivity index (χ3n) is 2.76. The molecule has 3 N–H and O–H groups in total. The maximum absolute atomic E-state index is 11.2. The molecule has 0 atom stereocenters. The van der Waals surface area contributed by atoms with Crippen molar-refractivity contribution in [2.75, 3.05) is 0 Å². The van der Waals surface area contributed by atoms with E-state index in [1.54, 1.807) is 6.07 Å². The number of nitrogens with one attached hydrogen (secondary N) is 1. The van der Waals surface area contributed by atoms with Crippen LogP contribution in [-0.4, -0.2) is 5.91 Å². The summed E-state index contributed by atoms with van der Waals surface area (Å²) in [5.74, 6) is 5.98. The first-order valence-corrected chi connectivity index (χ1v) is 6.03. The van der Waals surface area contributed by atoms with Gasteiger partial charge >= 0.3 is 0 Å². The second-order valence-electron chi connectivity index (χ2n) is 4.06. The van der Waals surface area contributed by atoms with E-state index in [-0.39, 0.29) is 12.5 Å². The lowest BCUT2D eigenvalue weighted by molar-refractivity contribution is 0.0953. The molecule has 1 amide bonds. The maximum atomic E-state index is 11.2. The fraction of sp³-hybridized carbons (Fsp3) is 0.214. The van der Waals surface area contributed by atoms with Gasteiger partial charge in [0.15, 0.2) is 0 Å². The molecule has 0 aliphatic heterocycles. The van der Waals surface area contributed by atoms with E-state index >= 15 is 0 Å². The fourth-order valence-corrected chi connectivity index (χ4v) is 1.63. The Kier molecular flexibility index (Phi) is 4.20. The van der Waals surface area contributed by atoms with Crippen LogP contribution in [0.3, 0.4) is 0 Å². The lowest BCUT2D eigenvalue weighted by atomic mass is 10.2. The average molecular weight is 260 g/mol. The zero-order valence-electron chi connectivity index (χ0n) is 10.7. The number of hydrazine groups is 1. The highest BCUT2D eigenvalue weighted by atomic mass is 16.5. The second kappa shape index (κ2) is 6.06. The quantitative estimate of drug-likeness (QED) is 0.490. The number of nitrogens with two attached hydrogens (primary N) is 1. The van der Waals surface area contributed by atoms with Gasteiger partial charge < -0.3 is 9.15 Å². The number of nitrogen functional groups attached to an aromatic ring is 1. The van der Waals surface area contributed by atoms with E-state index in [4.69, 9.17) is 15.0 Å². The van der Waals surface area contributed by atoms with Crippen LogP contribution in [0.2, 0.25) is 0 Å². The number of carbonyl (C=O) groups is 1. The summed E-state index contributed by atoms with van der Waals surface area (Å²) < 4.78 is 10.8. The Labute approximate surface area is 111 Å². The number of hydrogen-bond donors (Lipinski definition) is 2. The lowest BCUT2D eigenvalue weighted by Crippen LogP contribution is -2.29. The van der Waals surface area contributed by atoms with Gasteiger partial charge in [0.1, 0.15) is 24.4 Å². The van der Waals surface area contributed by atoms with Crippen molar-refractivity contribution in [3.63, 3.8) is 0 Å². The molecule has 2 rings (SSSR count). The highest BCUT2D eigenvalue weighted by Gasteiger charge is 2.08. The maximum Gasteiger partial charge on any atom is 0.268 e. The minimum atomic E-state index is -0.387. The highest BCUT2D eigenvalue weighted by Crippen LogP contribution is 2.15.